The smallest absolute Gasteiger partial charge is 0.329 e. The van der Waals surface area contributed by atoms with Crippen LogP contribution in [0.5, 0.6) is 0 Å². The van der Waals surface area contributed by atoms with E-state index < -0.39 is 5.97 Å². The van der Waals surface area contributed by atoms with Gasteiger partial charge in [0, 0.05) is 16.2 Å². The summed E-state index contributed by atoms with van der Waals surface area (Å²) in [5.41, 5.74) is 3.15. The predicted octanol–water partition coefficient (Wildman–Crippen LogP) is 6.66. The summed E-state index contributed by atoms with van der Waals surface area (Å²) in [5.74, 6) is -0.617. The number of rotatable bonds is 7. The number of aryl methyl sites for hydroxylation is 1. The SMILES string of the molecule is C=CC(=O)OC.O=C1[C@H](CCCc2ccccc2)[C@@H](c2ccc(Br)cc2)N1c1ccc(F)cc1. The first-order chi connectivity index (χ1) is 16.4. The van der Waals surface area contributed by atoms with E-state index in [0.717, 1.165) is 41.1 Å². The van der Waals surface area contributed by atoms with Crippen LogP contribution in [0.25, 0.3) is 0 Å². The number of benzene rings is 3. The number of carbonyl (C=O) groups excluding carboxylic acids is 2. The number of hydrogen-bond acceptors (Lipinski definition) is 3. The number of β-lactam (4-membered cyclic amide) rings is 1. The number of anilines is 1. The van der Waals surface area contributed by atoms with Gasteiger partial charge in [-0.15, -0.1) is 0 Å². The molecule has 0 unspecified atom stereocenters. The van der Waals surface area contributed by atoms with Crippen molar-refractivity contribution in [1.29, 1.82) is 0 Å². The van der Waals surface area contributed by atoms with Gasteiger partial charge in [-0.05, 0) is 66.8 Å². The van der Waals surface area contributed by atoms with Crippen molar-refractivity contribution in [3.63, 3.8) is 0 Å². The van der Waals surface area contributed by atoms with Gasteiger partial charge in [0.2, 0.25) is 5.91 Å². The normalized spacial score (nSPS) is 16.7. The van der Waals surface area contributed by atoms with Crippen LogP contribution >= 0.6 is 15.9 Å². The van der Waals surface area contributed by atoms with Crippen LogP contribution in [0.4, 0.5) is 10.1 Å². The van der Waals surface area contributed by atoms with Crippen molar-refractivity contribution in [2.45, 2.75) is 25.3 Å². The maximum atomic E-state index is 13.3. The van der Waals surface area contributed by atoms with Gasteiger partial charge in [0.25, 0.3) is 0 Å². The highest BCUT2D eigenvalue weighted by molar-refractivity contribution is 9.10. The third kappa shape index (κ3) is 6.41. The number of ether oxygens (including phenoxy) is 1. The molecule has 0 radical (unpaired) electrons. The van der Waals surface area contributed by atoms with E-state index in [4.69, 9.17) is 0 Å². The lowest BCUT2D eigenvalue weighted by Gasteiger charge is -2.47. The van der Waals surface area contributed by atoms with Crippen LogP contribution < -0.4 is 4.90 Å². The Labute approximate surface area is 208 Å². The van der Waals surface area contributed by atoms with Gasteiger partial charge in [-0.25, -0.2) is 9.18 Å². The molecule has 2 atom stereocenters. The Hall–Kier alpha value is -3.25. The molecular formula is C28H27BrFNO3. The van der Waals surface area contributed by atoms with E-state index in [1.165, 1.54) is 24.8 Å². The Bertz CT molecular complexity index is 1100. The van der Waals surface area contributed by atoms with Crippen LogP contribution in [0.3, 0.4) is 0 Å². The van der Waals surface area contributed by atoms with Crippen LogP contribution in [0.2, 0.25) is 0 Å². The quantitative estimate of drug-likeness (QED) is 0.197. The highest BCUT2D eigenvalue weighted by atomic mass is 79.9. The van der Waals surface area contributed by atoms with Crippen molar-refractivity contribution < 1.29 is 18.7 Å². The van der Waals surface area contributed by atoms with Crippen LogP contribution in [0.15, 0.2) is 96.0 Å². The first kappa shape index (κ1) is 25.4. The van der Waals surface area contributed by atoms with Gasteiger partial charge in [0.1, 0.15) is 5.82 Å². The number of esters is 1. The van der Waals surface area contributed by atoms with Gasteiger partial charge in [-0.1, -0.05) is 65.0 Å². The Balaban J connectivity index is 0.000000481. The summed E-state index contributed by atoms with van der Waals surface area (Å²) >= 11 is 3.48. The molecule has 0 N–H and O–H groups in total. The van der Waals surface area contributed by atoms with Crippen molar-refractivity contribution in [2.24, 2.45) is 5.92 Å². The van der Waals surface area contributed by atoms with Gasteiger partial charge in [0.05, 0.1) is 19.1 Å². The van der Waals surface area contributed by atoms with Crippen LogP contribution in [0, 0.1) is 11.7 Å². The lowest BCUT2D eigenvalue weighted by molar-refractivity contribution is -0.134. The fourth-order valence-corrected chi connectivity index (χ4v) is 4.28. The van der Waals surface area contributed by atoms with Crippen molar-refractivity contribution in [1.82, 2.24) is 0 Å². The molecule has 4 nitrogen and oxygen atoms in total. The molecule has 1 heterocycles. The second kappa shape index (κ2) is 12.3. The molecule has 4 rings (SSSR count). The average molecular weight is 524 g/mol. The van der Waals surface area contributed by atoms with E-state index in [1.807, 2.05) is 30.3 Å². The van der Waals surface area contributed by atoms with Crippen LogP contribution in [-0.2, 0) is 20.7 Å². The minimum absolute atomic E-state index is 0.0122. The second-order valence-electron chi connectivity index (χ2n) is 7.89. The van der Waals surface area contributed by atoms with Crippen molar-refractivity contribution in [3.8, 4) is 0 Å². The molecule has 0 aliphatic carbocycles. The van der Waals surface area contributed by atoms with E-state index in [2.05, 4.69) is 51.5 Å². The first-order valence-electron chi connectivity index (χ1n) is 11.0. The molecule has 0 aromatic heterocycles. The number of halogens is 2. The zero-order valence-corrected chi connectivity index (χ0v) is 20.6. The molecule has 1 amide bonds. The van der Waals surface area contributed by atoms with Crippen molar-refractivity contribution >= 4 is 33.5 Å². The topological polar surface area (TPSA) is 46.6 Å². The zero-order valence-electron chi connectivity index (χ0n) is 19.0. The predicted molar refractivity (Wildman–Crippen MR) is 136 cm³/mol. The van der Waals surface area contributed by atoms with Crippen molar-refractivity contribution in [3.05, 3.63) is 113 Å². The maximum absolute atomic E-state index is 13.3. The third-order valence-electron chi connectivity index (χ3n) is 5.72. The van der Waals surface area contributed by atoms with Gasteiger partial charge in [0.15, 0.2) is 0 Å². The summed E-state index contributed by atoms with van der Waals surface area (Å²) < 4.78 is 18.5. The standard InChI is InChI=1S/C24H21BrFNO.C4H6O2/c25-19-11-9-18(10-12-19)23-22(8-4-7-17-5-2-1-3-6-17)24(28)27(23)21-15-13-20(26)14-16-21;1-3-4(5)6-2/h1-3,5-6,9-16,22-23H,4,7-8H2;3H,1H2,2H3/t22-,23-;/m1./s1. The summed E-state index contributed by atoms with van der Waals surface area (Å²) in [6.45, 7) is 3.16. The second-order valence-corrected chi connectivity index (χ2v) is 8.81. The number of amides is 1. The van der Waals surface area contributed by atoms with E-state index in [9.17, 15) is 14.0 Å². The highest BCUT2D eigenvalue weighted by Crippen LogP contribution is 2.45. The molecule has 0 spiro atoms. The third-order valence-corrected chi connectivity index (χ3v) is 6.25. The molecule has 3 aromatic rings. The molecule has 1 aliphatic heterocycles. The lowest BCUT2D eigenvalue weighted by atomic mass is 9.78. The van der Waals surface area contributed by atoms with Gasteiger partial charge < -0.3 is 9.64 Å². The van der Waals surface area contributed by atoms with Gasteiger partial charge >= 0.3 is 5.97 Å². The molecule has 0 saturated carbocycles. The zero-order chi connectivity index (χ0) is 24.5. The molecule has 34 heavy (non-hydrogen) atoms. The number of methoxy groups -OCH3 is 1. The summed E-state index contributed by atoms with van der Waals surface area (Å²) in [6, 6.07) is 24.6. The number of hydrogen-bond donors (Lipinski definition) is 0. The molecule has 1 fully saturated rings. The summed E-state index contributed by atoms with van der Waals surface area (Å²) in [4.78, 5) is 24.6. The van der Waals surface area contributed by atoms with E-state index in [1.54, 1.807) is 17.0 Å². The fraction of sp³-hybridized carbons (Fsp3) is 0.214. The molecule has 176 valence electrons. The summed E-state index contributed by atoms with van der Waals surface area (Å²) in [6.07, 6.45) is 3.88. The number of nitrogens with zero attached hydrogens (tertiary/aromatic N) is 1. The molecule has 0 bridgehead atoms. The van der Waals surface area contributed by atoms with Crippen LogP contribution in [-0.4, -0.2) is 19.0 Å². The summed E-state index contributed by atoms with van der Waals surface area (Å²) in [7, 11) is 1.31. The number of carbonyl (C=O) groups is 2. The Morgan fingerprint density at radius 3 is 2.26 bits per heavy atom. The Morgan fingerprint density at radius 2 is 1.71 bits per heavy atom. The van der Waals surface area contributed by atoms with E-state index in [0.29, 0.717) is 0 Å². The lowest BCUT2D eigenvalue weighted by Crippen LogP contribution is -2.55. The fourth-order valence-electron chi connectivity index (χ4n) is 4.01. The molecule has 1 saturated heterocycles. The van der Waals surface area contributed by atoms with Gasteiger partial charge in [-0.2, -0.15) is 0 Å². The van der Waals surface area contributed by atoms with E-state index >= 15 is 0 Å². The molecule has 6 heteroatoms. The minimum Gasteiger partial charge on any atom is -0.466 e. The first-order valence-corrected chi connectivity index (χ1v) is 11.8. The minimum atomic E-state index is -0.394. The van der Waals surface area contributed by atoms with E-state index in [-0.39, 0.29) is 23.7 Å². The highest BCUT2D eigenvalue weighted by Gasteiger charge is 2.48. The Kier molecular flexibility index (Phi) is 9.16. The van der Waals surface area contributed by atoms with Crippen molar-refractivity contribution in [2.75, 3.05) is 12.0 Å². The Morgan fingerprint density at radius 1 is 1.06 bits per heavy atom. The average Bonchev–Trinajstić information content (AvgIpc) is 2.87. The largest absolute Gasteiger partial charge is 0.466 e. The van der Waals surface area contributed by atoms with Gasteiger partial charge in [-0.3, -0.25) is 4.79 Å². The summed E-state index contributed by atoms with van der Waals surface area (Å²) in [5, 5.41) is 0. The molecule has 1 aliphatic rings. The molecule has 3 aromatic carbocycles. The van der Waals surface area contributed by atoms with Crippen LogP contribution in [0.1, 0.15) is 30.0 Å². The molecular weight excluding hydrogens is 497 g/mol. The maximum Gasteiger partial charge on any atom is 0.329 e. The monoisotopic (exact) mass is 523 g/mol.